The highest BCUT2D eigenvalue weighted by Crippen LogP contribution is 2.50. The Morgan fingerprint density at radius 3 is 1.39 bits per heavy atom. The molecule has 3 spiro atoms. The summed E-state index contributed by atoms with van der Waals surface area (Å²) in [5, 5.41) is 0. The van der Waals surface area contributed by atoms with Crippen molar-refractivity contribution in [2.75, 3.05) is 26.4 Å². The molecule has 4 heterocycles. The second-order valence-corrected chi connectivity index (χ2v) is 8.39. The maximum Gasteiger partial charge on any atom is 0.171 e. The van der Waals surface area contributed by atoms with Crippen LogP contribution in [0.5, 0.6) is 0 Å². The van der Waals surface area contributed by atoms with E-state index in [-0.39, 0.29) is 5.41 Å². The highest BCUT2D eigenvalue weighted by molar-refractivity contribution is 5.01. The van der Waals surface area contributed by atoms with Crippen molar-refractivity contribution in [2.24, 2.45) is 5.41 Å². The normalized spacial score (nSPS) is 60.5. The predicted octanol–water partition coefficient (Wildman–Crippen LogP) is 1.36. The lowest BCUT2D eigenvalue weighted by Gasteiger charge is -2.52. The maximum atomic E-state index is 6.22. The lowest BCUT2D eigenvalue weighted by Crippen LogP contribution is -2.60. The largest absolute Gasteiger partial charge is 0.369 e. The summed E-state index contributed by atoms with van der Waals surface area (Å²) in [5.74, 6) is -0.837. The third-order valence-electron chi connectivity index (χ3n) is 6.58. The molecule has 4 saturated heterocycles. The second-order valence-electron chi connectivity index (χ2n) is 8.39. The minimum Gasteiger partial charge on any atom is -0.369 e. The van der Waals surface area contributed by atoms with Crippen LogP contribution in [0.3, 0.4) is 0 Å². The average Bonchev–Trinajstić information content (AvgIpc) is 3.48. The molecule has 4 atom stereocenters. The van der Waals surface area contributed by atoms with Crippen LogP contribution < -0.4 is 0 Å². The number of hydrogen-bond donors (Lipinski definition) is 0. The van der Waals surface area contributed by atoms with E-state index in [0.717, 1.165) is 38.5 Å². The van der Waals surface area contributed by atoms with Gasteiger partial charge < -0.3 is 28.4 Å². The standard InChI is InChI=1S/C17H24O6/c1-3-16(5-13-11(1)22-13)18-7-15(8-19-16)9-20-17(21-10-15)4-2-12-14(6-17)23-12/h11-14H,1-10H2. The molecular weight excluding hydrogens is 300 g/mol. The van der Waals surface area contributed by atoms with Crippen LogP contribution in [0.25, 0.3) is 0 Å². The van der Waals surface area contributed by atoms with Crippen molar-refractivity contribution in [3.8, 4) is 0 Å². The van der Waals surface area contributed by atoms with Gasteiger partial charge in [-0.1, -0.05) is 0 Å². The number of hydrogen-bond acceptors (Lipinski definition) is 6. The van der Waals surface area contributed by atoms with E-state index < -0.39 is 11.6 Å². The van der Waals surface area contributed by atoms with Crippen LogP contribution in [-0.4, -0.2) is 62.4 Å². The quantitative estimate of drug-likeness (QED) is 0.627. The molecule has 6 nitrogen and oxygen atoms in total. The van der Waals surface area contributed by atoms with Crippen LogP contribution in [0, 0.1) is 5.41 Å². The Kier molecular flexibility index (Phi) is 2.72. The lowest BCUT2D eigenvalue weighted by atomic mass is 9.85. The van der Waals surface area contributed by atoms with E-state index in [1.165, 1.54) is 0 Å². The van der Waals surface area contributed by atoms with Crippen molar-refractivity contribution in [2.45, 2.75) is 74.5 Å². The van der Waals surface area contributed by atoms with Gasteiger partial charge in [0.25, 0.3) is 0 Å². The molecular formula is C17H24O6. The molecule has 23 heavy (non-hydrogen) atoms. The second kappa shape index (κ2) is 4.48. The van der Waals surface area contributed by atoms with Gasteiger partial charge in [-0.3, -0.25) is 0 Å². The first kappa shape index (κ1) is 14.0. The molecule has 2 aliphatic carbocycles. The maximum absolute atomic E-state index is 6.22. The number of epoxide rings is 2. The van der Waals surface area contributed by atoms with Gasteiger partial charge in [-0.05, 0) is 12.8 Å². The zero-order valence-electron chi connectivity index (χ0n) is 13.3. The third-order valence-corrected chi connectivity index (χ3v) is 6.58. The molecule has 6 heteroatoms. The molecule has 4 unspecified atom stereocenters. The Labute approximate surface area is 135 Å². The van der Waals surface area contributed by atoms with Crippen molar-refractivity contribution < 1.29 is 28.4 Å². The summed E-state index contributed by atoms with van der Waals surface area (Å²) in [5.41, 5.74) is -0.154. The van der Waals surface area contributed by atoms with Crippen LogP contribution in [0.15, 0.2) is 0 Å². The van der Waals surface area contributed by atoms with Gasteiger partial charge in [0.1, 0.15) is 0 Å². The number of ether oxygens (including phenoxy) is 6. The SMILES string of the molecule is C1CC2(CC3OC13)OCC1(CO2)COC2(CCC3OC3C2)OC1. The summed E-state index contributed by atoms with van der Waals surface area (Å²) in [4.78, 5) is 0. The zero-order chi connectivity index (χ0) is 15.1. The molecule has 0 radical (unpaired) electrons. The first-order valence-electron chi connectivity index (χ1n) is 9.04. The van der Waals surface area contributed by atoms with Gasteiger partial charge in [-0.2, -0.15) is 0 Å². The summed E-state index contributed by atoms with van der Waals surface area (Å²) in [7, 11) is 0. The van der Waals surface area contributed by atoms with Crippen molar-refractivity contribution in [1.82, 2.24) is 0 Å². The smallest absolute Gasteiger partial charge is 0.171 e. The molecule has 6 aliphatic rings. The van der Waals surface area contributed by atoms with Crippen molar-refractivity contribution in [3.05, 3.63) is 0 Å². The molecule has 2 saturated carbocycles. The molecule has 6 fully saturated rings. The van der Waals surface area contributed by atoms with Crippen LogP contribution in [0.1, 0.15) is 38.5 Å². The van der Waals surface area contributed by atoms with Crippen LogP contribution in [0.2, 0.25) is 0 Å². The molecule has 4 aliphatic heterocycles. The van der Waals surface area contributed by atoms with Gasteiger partial charge in [-0.15, -0.1) is 0 Å². The fraction of sp³-hybridized carbons (Fsp3) is 1.00. The predicted molar refractivity (Wildman–Crippen MR) is 76.7 cm³/mol. The fourth-order valence-electron chi connectivity index (χ4n) is 4.76. The fourth-order valence-corrected chi connectivity index (χ4v) is 4.76. The highest BCUT2D eigenvalue weighted by atomic mass is 16.7. The van der Waals surface area contributed by atoms with Gasteiger partial charge in [0.2, 0.25) is 0 Å². The molecule has 0 amide bonds. The van der Waals surface area contributed by atoms with E-state index in [9.17, 15) is 0 Å². The Balaban J connectivity index is 1.10. The molecule has 0 bridgehead atoms. The van der Waals surface area contributed by atoms with Gasteiger partial charge >= 0.3 is 0 Å². The van der Waals surface area contributed by atoms with Crippen molar-refractivity contribution in [1.29, 1.82) is 0 Å². The van der Waals surface area contributed by atoms with Crippen LogP contribution in [0.4, 0.5) is 0 Å². The van der Waals surface area contributed by atoms with Gasteiger partial charge in [0.15, 0.2) is 11.6 Å². The Morgan fingerprint density at radius 1 is 0.565 bits per heavy atom. The summed E-state index contributed by atoms with van der Waals surface area (Å²) >= 11 is 0. The van der Waals surface area contributed by atoms with E-state index in [1.54, 1.807) is 0 Å². The van der Waals surface area contributed by atoms with Crippen LogP contribution >= 0.6 is 0 Å². The zero-order valence-corrected chi connectivity index (χ0v) is 13.3. The van der Waals surface area contributed by atoms with Crippen molar-refractivity contribution in [3.63, 3.8) is 0 Å². The molecule has 0 N–H and O–H groups in total. The first-order valence-corrected chi connectivity index (χ1v) is 9.04. The summed E-state index contributed by atoms with van der Waals surface area (Å²) < 4.78 is 36.1. The molecule has 0 aromatic rings. The summed E-state index contributed by atoms with van der Waals surface area (Å²) in [6.45, 7) is 2.62. The van der Waals surface area contributed by atoms with Gasteiger partial charge in [0.05, 0.1) is 56.3 Å². The Bertz CT molecular complexity index is 456. The molecule has 0 aromatic carbocycles. The number of fused-ring (bicyclic) bond motifs is 2. The van der Waals surface area contributed by atoms with E-state index in [0.29, 0.717) is 50.8 Å². The number of rotatable bonds is 0. The van der Waals surface area contributed by atoms with E-state index in [1.807, 2.05) is 0 Å². The van der Waals surface area contributed by atoms with Crippen molar-refractivity contribution >= 4 is 0 Å². The van der Waals surface area contributed by atoms with Gasteiger partial charge in [-0.25, -0.2) is 0 Å². The molecule has 6 rings (SSSR count). The first-order chi connectivity index (χ1) is 11.2. The highest BCUT2D eigenvalue weighted by Gasteiger charge is 2.59. The lowest BCUT2D eigenvalue weighted by molar-refractivity contribution is -0.374. The third kappa shape index (κ3) is 2.23. The van der Waals surface area contributed by atoms with E-state index in [4.69, 9.17) is 28.4 Å². The van der Waals surface area contributed by atoms with Crippen LogP contribution in [-0.2, 0) is 28.4 Å². The Morgan fingerprint density at radius 2 is 1.00 bits per heavy atom. The minimum atomic E-state index is -0.419. The summed E-state index contributed by atoms with van der Waals surface area (Å²) in [6, 6.07) is 0. The Hall–Kier alpha value is -0.240. The minimum absolute atomic E-state index is 0.154. The molecule has 0 aromatic heterocycles. The molecule has 128 valence electrons. The van der Waals surface area contributed by atoms with E-state index in [2.05, 4.69) is 0 Å². The monoisotopic (exact) mass is 324 g/mol. The average molecular weight is 324 g/mol. The van der Waals surface area contributed by atoms with Gasteiger partial charge in [0, 0.05) is 25.7 Å². The summed E-state index contributed by atoms with van der Waals surface area (Å²) in [6.07, 6.45) is 7.37. The topological polar surface area (TPSA) is 62.0 Å². The van der Waals surface area contributed by atoms with E-state index >= 15 is 0 Å².